The highest BCUT2D eigenvalue weighted by Gasteiger charge is 2.14. The first kappa shape index (κ1) is 13.7. The van der Waals surface area contributed by atoms with Gasteiger partial charge in [0.25, 0.3) is 0 Å². The fourth-order valence-electron chi connectivity index (χ4n) is 1.89. The molecule has 0 aromatic heterocycles. The number of amides is 1. The lowest BCUT2D eigenvalue weighted by molar-refractivity contribution is -0.138. The Kier molecular flexibility index (Phi) is 6.37. The quantitative estimate of drug-likeness (QED) is 0.589. The Morgan fingerprint density at radius 1 is 1.24 bits per heavy atom. The van der Waals surface area contributed by atoms with Gasteiger partial charge >= 0.3 is 5.97 Å². The van der Waals surface area contributed by atoms with E-state index in [4.69, 9.17) is 4.74 Å². The van der Waals surface area contributed by atoms with Crippen molar-refractivity contribution in [3.05, 3.63) is 12.2 Å². The van der Waals surface area contributed by atoms with E-state index in [-0.39, 0.29) is 11.9 Å². The second-order valence-corrected chi connectivity index (χ2v) is 4.34. The summed E-state index contributed by atoms with van der Waals surface area (Å²) in [4.78, 5) is 22.6. The van der Waals surface area contributed by atoms with Crippen LogP contribution in [0.5, 0.6) is 0 Å². The van der Waals surface area contributed by atoms with Gasteiger partial charge in [-0.2, -0.15) is 0 Å². The topological polar surface area (TPSA) is 55.4 Å². The molecule has 1 amide bonds. The fraction of sp³-hybridized carbons (Fsp3) is 0.692. The van der Waals surface area contributed by atoms with Crippen LogP contribution in [-0.2, 0) is 14.3 Å². The molecule has 1 saturated carbocycles. The predicted molar refractivity (Wildman–Crippen MR) is 65.4 cm³/mol. The minimum Gasteiger partial charge on any atom is -0.463 e. The normalized spacial score (nSPS) is 17.0. The minimum atomic E-state index is -0.453. The van der Waals surface area contributed by atoms with Gasteiger partial charge in [-0.25, -0.2) is 4.79 Å². The van der Waals surface area contributed by atoms with Crippen molar-refractivity contribution in [2.45, 2.75) is 51.5 Å². The lowest BCUT2D eigenvalue weighted by atomic mass is 9.95. The molecule has 0 unspecified atom stereocenters. The molecule has 0 aliphatic heterocycles. The first-order valence-electron chi connectivity index (χ1n) is 6.37. The summed E-state index contributed by atoms with van der Waals surface area (Å²) in [6, 6.07) is 0.271. The third-order valence-electron chi connectivity index (χ3n) is 2.77. The van der Waals surface area contributed by atoms with Crippen molar-refractivity contribution in [1.29, 1.82) is 0 Å². The third-order valence-corrected chi connectivity index (χ3v) is 2.77. The zero-order valence-corrected chi connectivity index (χ0v) is 10.4. The van der Waals surface area contributed by atoms with Gasteiger partial charge in [0.15, 0.2) is 0 Å². The van der Waals surface area contributed by atoms with E-state index >= 15 is 0 Å². The molecule has 1 fully saturated rings. The average molecular weight is 239 g/mol. The van der Waals surface area contributed by atoms with Crippen LogP contribution < -0.4 is 5.32 Å². The Balaban J connectivity index is 2.23. The van der Waals surface area contributed by atoms with Crippen molar-refractivity contribution in [3.63, 3.8) is 0 Å². The second kappa shape index (κ2) is 7.87. The smallest absolute Gasteiger partial charge is 0.330 e. The highest BCUT2D eigenvalue weighted by Crippen LogP contribution is 2.17. The monoisotopic (exact) mass is 239 g/mol. The molecule has 0 bridgehead atoms. The molecule has 0 radical (unpaired) electrons. The van der Waals surface area contributed by atoms with Crippen molar-refractivity contribution < 1.29 is 14.3 Å². The molecule has 4 heteroatoms. The summed E-state index contributed by atoms with van der Waals surface area (Å²) in [7, 11) is 0. The van der Waals surface area contributed by atoms with Crippen LogP contribution in [0.1, 0.15) is 45.4 Å². The SMILES string of the molecule is CCCOC(=O)/C=C\C(=O)NC1CCCCC1. The molecular formula is C13H21NO3. The average Bonchev–Trinajstić information content (AvgIpc) is 2.35. The van der Waals surface area contributed by atoms with E-state index in [1.165, 1.54) is 31.4 Å². The number of hydrogen-bond donors (Lipinski definition) is 1. The summed E-state index contributed by atoms with van der Waals surface area (Å²) in [5.74, 6) is -0.656. The molecule has 96 valence electrons. The molecule has 0 spiro atoms. The zero-order chi connectivity index (χ0) is 12.5. The Morgan fingerprint density at radius 3 is 2.59 bits per heavy atom. The van der Waals surface area contributed by atoms with Gasteiger partial charge < -0.3 is 10.1 Å². The molecule has 0 aromatic carbocycles. The van der Waals surface area contributed by atoms with Crippen LogP contribution >= 0.6 is 0 Å². The van der Waals surface area contributed by atoms with Crippen LogP contribution in [0.3, 0.4) is 0 Å². The highest BCUT2D eigenvalue weighted by molar-refractivity contribution is 5.94. The molecule has 0 atom stereocenters. The second-order valence-electron chi connectivity index (χ2n) is 4.34. The van der Waals surface area contributed by atoms with E-state index in [1.807, 2.05) is 6.92 Å². The molecule has 4 nitrogen and oxygen atoms in total. The van der Waals surface area contributed by atoms with Gasteiger partial charge in [0.05, 0.1) is 6.61 Å². The molecule has 1 aliphatic rings. The molecule has 0 heterocycles. The van der Waals surface area contributed by atoms with Crippen LogP contribution in [0.2, 0.25) is 0 Å². The van der Waals surface area contributed by atoms with Crippen molar-refractivity contribution in [3.8, 4) is 0 Å². The summed E-state index contributed by atoms with van der Waals surface area (Å²) in [5, 5.41) is 2.90. The maximum Gasteiger partial charge on any atom is 0.330 e. The van der Waals surface area contributed by atoms with E-state index in [2.05, 4.69) is 5.32 Å². The first-order chi connectivity index (χ1) is 8.22. The largest absolute Gasteiger partial charge is 0.463 e. The maximum atomic E-state index is 11.5. The Labute approximate surface area is 102 Å². The van der Waals surface area contributed by atoms with Gasteiger partial charge in [0.2, 0.25) is 5.91 Å². The molecule has 0 saturated heterocycles. The van der Waals surface area contributed by atoms with E-state index < -0.39 is 5.97 Å². The van der Waals surface area contributed by atoms with Crippen LogP contribution in [-0.4, -0.2) is 24.5 Å². The number of ether oxygens (including phenoxy) is 1. The fourth-order valence-corrected chi connectivity index (χ4v) is 1.89. The summed E-state index contributed by atoms with van der Waals surface area (Å²) in [6.07, 6.45) is 8.92. The molecule has 0 aromatic rings. The number of hydrogen-bond acceptors (Lipinski definition) is 3. The lowest BCUT2D eigenvalue weighted by Crippen LogP contribution is -2.35. The maximum absolute atomic E-state index is 11.5. The van der Waals surface area contributed by atoms with Crippen molar-refractivity contribution >= 4 is 11.9 Å². The molecule has 1 aliphatic carbocycles. The Bertz CT molecular complexity index is 280. The Morgan fingerprint density at radius 2 is 1.94 bits per heavy atom. The van der Waals surface area contributed by atoms with Crippen LogP contribution in [0, 0.1) is 0 Å². The van der Waals surface area contributed by atoms with Crippen LogP contribution in [0.4, 0.5) is 0 Å². The van der Waals surface area contributed by atoms with Gasteiger partial charge in [0.1, 0.15) is 0 Å². The summed E-state index contributed by atoms with van der Waals surface area (Å²) >= 11 is 0. The van der Waals surface area contributed by atoms with Gasteiger partial charge in [0, 0.05) is 18.2 Å². The minimum absolute atomic E-state index is 0.203. The Hall–Kier alpha value is -1.32. The first-order valence-corrected chi connectivity index (χ1v) is 6.37. The molecule has 17 heavy (non-hydrogen) atoms. The zero-order valence-electron chi connectivity index (χ0n) is 10.4. The van der Waals surface area contributed by atoms with Gasteiger partial charge in [-0.1, -0.05) is 26.2 Å². The van der Waals surface area contributed by atoms with E-state index in [0.717, 1.165) is 19.3 Å². The van der Waals surface area contributed by atoms with Crippen molar-refractivity contribution in [1.82, 2.24) is 5.32 Å². The third kappa shape index (κ3) is 6.09. The highest BCUT2D eigenvalue weighted by atomic mass is 16.5. The summed E-state index contributed by atoms with van der Waals surface area (Å²) in [5.41, 5.74) is 0. The number of rotatable bonds is 5. The van der Waals surface area contributed by atoms with Crippen molar-refractivity contribution in [2.75, 3.05) is 6.61 Å². The summed E-state index contributed by atoms with van der Waals surface area (Å²) in [6.45, 7) is 2.32. The summed E-state index contributed by atoms with van der Waals surface area (Å²) < 4.78 is 4.83. The van der Waals surface area contributed by atoms with E-state index in [0.29, 0.717) is 6.61 Å². The number of nitrogens with one attached hydrogen (secondary N) is 1. The number of carbonyl (C=O) groups is 2. The van der Waals surface area contributed by atoms with Crippen LogP contribution in [0.25, 0.3) is 0 Å². The van der Waals surface area contributed by atoms with Crippen molar-refractivity contribution in [2.24, 2.45) is 0 Å². The van der Waals surface area contributed by atoms with E-state index in [1.54, 1.807) is 0 Å². The van der Waals surface area contributed by atoms with E-state index in [9.17, 15) is 9.59 Å². The number of esters is 1. The molecule has 1 N–H and O–H groups in total. The standard InChI is InChI=1S/C13H21NO3/c1-2-10-17-13(16)9-8-12(15)14-11-6-4-3-5-7-11/h8-9,11H,2-7,10H2,1H3,(H,14,15)/b9-8-. The number of carbonyl (C=O) groups excluding carboxylic acids is 2. The molecular weight excluding hydrogens is 218 g/mol. The van der Waals surface area contributed by atoms with Gasteiger partial charge in [-0.3, -0.25) is 4.79 Å². The predicted octanol–water partition coefficient (Wildman–Crippen LogP) is 1.94. The van der Waals surface area contributed by atoms with Gasteiger partial charge in [-0.05, 0) is 19.3 Å². The van der Waals surface area contributed by atoms with Crippen LogP contribution in [0.15, 0.2) is 12.2 Å². The van der Waals surface area contributed by atoms with Gasteiger partial charge in [-0.15, -0.1) is 0 Å². The lowest BCUT2D eigenvalue weighted by Gasteiger charge is -2.21. The molecule has 1 rings (SSSR count).